The molecule has 3 heterocycles. The SMILES string of the molecule is N#CCC(C1CCCC1)n1cc(-c2ccnc(Nc3ccc(N4CCNCC4)cc3)n2)cn1. The van der Waals surface area contributed by atoms with Crippen LogP contribution in [0.3, 0.4) is 0 Å². The Kier molecular flexibility index (Phi) is 6.49. The number of hydrogen-bond donors (Lipinski definition) is 2. The van der Waals surface area contributed by atoms with Gasteiger partial charge in [0.1, 0.15) is 0 Å². The molecule has 33 heavy (non-hydrogen) atoms. The summed E-state index contributed by atoms with van der Waals surface area (Å²) in [5.41, 5.74) is 3.95. The van der Waals surface area contributed by atoms with E-state index >= 15 is 0 Å². The minimum Gasteiger partial charge on any atom is -0.369 e. The fourth-order valence-corrected chi connectivity index (χ4v) is 4.95. The lowest BCUT2D eigenvalue weighted by atomic mass is 9.96. The molecule has 8 nitrogen and oxygen atoms in total. The molecule has 1 unspecified atom stereocenters. The maximum absolute atomic E-state index is 9.32. The third kappa shape index (κ3) is 4.99. The zero-order chi connectivity index (χ0) is 22.5. The van der Waals surface area contributed by atoms with Crippen molar-refractivity contribution in [3.05, 3.63) is 48.9 Å². The van der Waals surface area contributed by atoms with Gasteiger partial charge in [-0.05, 0) is 49.1 Å². The molecule has 0 radical (unpaired) electrons. The molecule has 1 aromatic carbocycles. The van der Waals surface area contributed by atoms with Gasteiger partial charge in [0, 0.05) is 55.5 Å². The van der Waals surface area contributed by atoms with Gasteiger partial charge in [-0.3, -0.25) is 4.68 Å². The van der Waals surface area contributed by atoms with E-state index in [9.17, 15) is 5.26 Å². The van der Waals surface area contributed by atoms with Crippen molar-refractivity contribution in [1.29, 1.82) is 5.26 Å². The topological polar surface area (TPSA) is 94.7 Å². The average molecular weight is 443 g/mol. The van der Waals surface area contributed by atoms with Crippen molar-refractivity contribution in [3.63, 3.8) is 0 Å². The third-order valence-electron chi connectivity index (χ3n) is 6.74. The van der Waals surface area contributed by atoms with E-state index in [0.717, 1.165) is 43.1 Å². The average Bonchev–Trinajstić information content (AvgIpc) is 3.57. The van der Waals surface area contributed by atoms with Crippen molar-refractivity contribution < 1.29 is 0 Å². The predicted molar refractivity (Wildman–Crippen MR) is 129 cm³/mol. The molecular weight excluding hydrogens is 412 g/mol. The number of rotatable bonds is 7. The van der Waals surface area contributed by atoms with Gasteiger partial charge in [0.2, 0.25) is 5.95 Å². The van der Waals surface area contributed by atoms with Crippen LogP contribution in [0.25, 0.3) is 11.3 Å². The number of piperazine rings is 1. The lowest BCUT2D eigenvalue weighted by Gasteiger charge is -2.29. The van der Waals surface area contributed by atoms with Crippen LogP contribution < -0.4 is 15.5 Å². The first-order valence-electron chi connectivity index (χ1n) is 11.9. The zero-order valence-corrected chi connectivity index (χ0v) is 18.8. The highest BCUT2D eigenvalue weighted by atomic mass is 15.3. The van der Waals surface area contributed by atoms with Crippen molar-refractivity contribution in [1.82, 2.24) is 25.1 Å². The molecule has 8 heteroatoms. The number of hydrogen-bond acceptors (Lipinski definition) is 7. The number of benzene rings is 1. The lowest BCUT2D eigenvalue weighted by Crippen LogP contribution is -2.43. The molecule has 1 aliphatic carbocycles. The summed E-state index contributed by atoms with van der Waals surface area (Å²) in [6.07, 6.45) is 11.0. The maximum Gasteiger partial charge on any atom is 0.227 e. The Balaban J connectivity index is 1.29. The van der Waals surface area contributed by atoms with E-state index in [4.69, 9.17) is 4.98 Å². The first-order chi connectivity index (χ1) is 16.3. The van der Waals surface area contributed by atoms with Gasteiger partial charge < -0.3 is 15.5 Å². The van der Waals surface area contributed by atoms with Crippen molar-refractivity contribution in [2.45, 2.75) is 38.1 Å². The molecule has 0 bridgehead atoms. The van der Waals surface area contributed by atoms with Crippen molar-refractivity contribution in [3.8, 4) is 17.3 Å². The lowest BCUT2D eigenvalue weighted by molar-refractivity contribution is 0.315. The van der Waals surface area contributed by atoms with Gasteiger partial charge in [-0.1, -0.05) is 12.8 Å². The van der Waals surface area contributed by atoms with Gasteiger partial charge in [-0.15, -0.1) is 0 Å². The van der Waals surface area contributed by atoms with Crippen LogP contribution in [0.15, 0.2) is 48.9 Å². The highest BCUT2D eigenvalue weighted by molar-refractivity contribution is 5.62. The van der Waals surface area contributed by atoms with E-state index in [1.807, 2.05) is 23.1 Å². The first kappa shape index (κ1) is 21.4. The molecule has 1 aliphatic heterocycles. The fourth-order valence-electron chi connectivity index (χ4n) is 4.95. The molecule has 3 aromatic rings. The Morgan fingerprint density at radius 2 is 1.91 bits per heavy atom. The van der Waals surface area contributed by atoms with Crippen LogP contribution in [0.2, 0.25) is 0 Å². The summed E-state index contributed by atoms with van der Waals surface area (Å²) < 4.78 is 1.97. The summed E-state index contributed by atoms with van der Waals surface area (Å²) in [4.78, 5) is 11.5. The van der Waals surface area contributed by atoms with Gasteiger partial charge in [-0.25, -0.2) is 9.97 Å². The molecule has 1 saturated carbocycles. The normalized spacial score (nSPS) is 17.6. The number of aromatic nitrogens is 4. The first-order valence-corrected chi connectivity index (χ1v) is 11.9. The molecule has 2 aliphatic rings. The van der Waals surface area contributed by atoms with Gasteiger partial charge >= 0.3 is 0 Å². The Hall–Kier alpha value is -3.44. The molecule has 1 saturated heterocycles. The van der Waals surface area contributed by atoms with E-state index in [1.54, 1.807) is 6.20 Å². The summed E-state index contributed by atoms with van der Waals surface area (Å²) in [5, 5.41) is 20.6. The van der Waals surface area contributed by atoms with E-state index < -0.39 is 0 Å². The molecule has 5 rings (SSSR count). The monoisotopic (exact) mass is 442 g/mol. The van der Waals surface area contributed by atoms with Crippen LogP contribution in [0.4, 0.5) is 17.3 Å². The number of anilines is 3. The molecule has 170 valence electrons. The second kappa shape index (κ2) is 10.0. The van der Waals surface area contributed by atoms with Crippen LogP contribution in [0.5, 0.6) is 0 Å². The van der Waals surface area contributed by atoms with E-state index in [1.165, 1.54) is 31.4 Å². The Morgan fingerprint density at radius 1 is 1.12 bits per heavy atom. The maximum atomic E-state index is 9.32. The molecule has 2 aromatic heterocycles. The van der Waals surface area contributed by atoms with Crippen molar-refractivity contribution in [2.24, 2.45) is 5.92 Å². The fraction of sp³-hybridized carbons (Fsp3) is 0.440. The molecule has 0 amide bonds. The molecular formula is C25H30N8. The van der Waals surface area contributed by atoms with E-state index in [0.29, 0.717) is 18.3 Å². The molecule has 2 N–H and O–H groups in total. The Labute approximate surface area is 194 Å². The summed E-state index contributed by atoms with van der Waals surface area (Å²) in [7, 11) is 0. The highest BCUT2D eigenvalue weighted by Gasteiger charge is 2.27. The third-order valence-corrected chi connectivity index (χ3v) is 6.74. The Morgan fingerprint density at radius 3 is 2.67 bits per heavy atom. The summed E-state index contributed by atoms with van der Waals surface area (Å²) >= 11 is 0. The molecule has 2 fully saturated rings. The summed E-state index contributed by atoms with van der Waals surface area (Å²) in [5.74, 6) is 1.09. The van der Waals surface area contributed by atoms with Crippen LogP contribution in [-0.4, -0.2) is 45.9 Å². The quantitative estimate of drug-likeness (QED) is 0.568. The van der Waals surface area contributed by atoms with Gasteiger partial charge in [0.05, 0.1) is 30.4 Å². The number of nitrogens with zero attached hydrogens (tertiary/aromatic N) is 6. The van der Waals surface area contributed by atoms with Gasteiger partial charge in [0.25, 0.3) is 0 Å². The number of nitrogens with one attached hydrogen (secondary N) is 2. The van der Waals surface area contributed by atoms with Gasteiger partial charge in [-0.2, -0.15) is 10.4 Å². The van der Waals surface area contributed by atoms with Crippen LogP contribution >= 0.6 is 0 Å². The van der Waals surface area contributed by atoms with Crippen molar-refractivity contribution in [2.75, 3.05) is 36.4 Å². The highest BCUT2D eigenvalue weighted by Crippen LogP contribution is 2.36. The zero-order valence-electron chi connectivity index (χ0n) is 18.8. The summed E-state index contributed by atoms with van der Waals surface area (Å²) in [6, 6.07) is 12.8. The largest absolute Gasteiger partial charge is 0.369 e. The standard InChI is InChI=1S/C25H30N8/c26-11-9-24(19-3-1-2-4-19)33-18-20(17-29-33)23-10-12-28-25(31-23)30-21-5-7-22(8-6-21)32-15-13-27-14-16-32/h5-8,10,12,17-19,24,27H,1-4,9,13-16H2,(H,28,30,31). The van der Waals surface area contributed by atoms with Crippen LogP contribution in [-0.2, 0) is 0 Å². The van der Waals surface area contributed by atoms with Crippen molar-refractivity contribution >= 4 is 17.3 Å². The molecule has 1 atom stereocenters. The van der Waals surface area contributed by atoms with Gasteiger partial charge in [0.15, 0.2) is 0 Å². The second-order valence-electron chi connectivity index (χ2n) is 8.86. The van der Waals surface area contributed by atoms with E-state index in [-0.39, 0.29) is 6.04 Å². The summed E-state index contributed by atoms with van der Waals surface area (Å²) in [6.45, 7) is 4.10. The predicted octanol–water partition coefficient (Wildman–Crippen LogP) is 4.14. The smallest absolute Gasteiger partial charge is 0.227 e. The Bertz CT molecular complexity index is 1090. The minimum absolute atomic E-state index is 0.139. The van der Waals surface area contributed by atoms with Crippen LogP contribution in [0.1, 0.15) is 38.1 Å². The minimum atomic E-state index is 0.139. The van der Waals surface area contributed by atoms with E-state index in [2.05, 4.69) is 56.0 Å². The molecule has 0 spiro atoms. The van der Waals surface area contributed by atoms with Crippen LogP contribution in [0, 0.1) is 17.2 Å². The number of nitriles is 1. The second-order valence-corrected chi connectivity index (χ2v) is 8.86.